The van der Waals surface area contributed by atoms with Gasteiger partial charge < -0.3 is 10.8 Å². The molecule has 1 aliphatic rings. The summed E-state index contributed by atoms with van der Waals surface area (Å²) in [6, 6.07) is 0. The van der Waals surface area contributed by atoms with Crippen LogP contribution in [0.15, 0.2) is 0 Å². The van der Waals surface area contributed by atoms with Gasteiger partial charge in [0.15, 0.2) is 0 Å². The summed E-state index contributed by atoms with van der Waals surface area (Å²) in [5.41, 5.74) is 4.92. The van der Waals surface area contributed by atoms with E-state index in [1.165, 1.54) is 0 Å². The molecule has 1 atom stereocenters. The monoisotopic (exact) mass is 185 g/mol. The highest BCUT2D eigenvalue weighted by Crippen LogP contribution is 2.34. The van der Waals surface area contributed by atoms with Crippen LogP contribution in [0.4, 0.5) is 0 Å². The van der Waals surface area contributed by atoms with Crippen molar-refractivity contribution in [2.45, 2.75) is 44.6 Å². The van der Waals surface area contributed by atoms with Gasteiger partial charge in [0, 0.05) is 12.8 Å². The lowest BCUT2D eigenvalue weighted by atomic mass is 9.74. The van der Waals surface area contributed by atoms with Gasteiger partial charge in [0.25, 0.3) is 0 Å². The van der Waals surface area contributed by atoms with Crippen molar-refractivity contribution in [3.8, 4) is 0 Å². The minimum Gasteiger partial charge on any atom is -0.390 e. The first-order valence-electron chi connectivity index (χ1n) is 5.06. The molecule has 0 saturated heterocycles. The normalized spacial score (nSPS) is 24.4. The summed E-state index contributed by atoms with van der Waals surface area (Å²) in [6.45, 7) is 2.55. The zero-order chi connectivity index (χ0) is 9.90. The molecule has 3 nitrogen and oxygen atoms in total. The van der Waals surface area contributed by atoms with Gasteiger partial charge in [-0.1, -0.05) is 6.92 Å². The number of aliphatic hydroxyl groups is 1. The molecule has 3 N–H and O–H groups in total. The summed E-state index contributed by atoms with van der Waals surface area (Å²) in [5.74, 6) is 0.428. The Labute approximate surface area is 79.3 Å². The highest BCUT2D eigenvalue weighted by atomic mass is 16.3. The third kappa shape index (κ3) is 2.29. The van der Waals surface area contributed by atoms with E-state index in [9.17, 15) is 9.90 Å². The van der Waals surface area contributed by atoms with Crippen molar-refractivity contribution >= 4 is 5.78 Å². The van der Waals surface area contributed by atoms with Crippen molar-refractivity contribution in [3.05, 3.63) is 0 Å². The minimum absolute atomic E-state index is 0.153. The van der Waals surface area contributed by atoms with Gasteiger partial charge in [-0.05, 0) is 31.7 Å². The van der Waals surface area contributed by atoms with Crippen LogP contribution in [0.5, 0.6) is 0 Å². The molecule has 0 aliphatic heterocycles. The van der Waals surface area contributed by atoms with Crippen molar-refractivity contribution in [2.75, 3.05) is 6.54 Å². The molecule has 1 saturated carbocycles. The molecule has 0 aromatic carbocycles. The van der Waals surface area contributed by atoms with Gasteiger partial charge in [0.1, 0.15) is 5.78 Å². The van der Waals surface area contributed by atoms with Crippen molar-refractivity contribution in [1.29, 1.82) is 0 Å². The maximum atomic E-state index is 11.0. The summed E-state index contributed by atoms with van der Waals surface area (Å²) in [6.07, 6.45) is 3.13. The van der Waals surface area contributed by atoms with Gasteiger partial charge in [-0.3, -0.25) is 4.79 Å². The second-order valence-corrected chi connectivity index (χ2v) is 3.98. The molecule has 0 aromatic heterocycles. The molecule has 1 rings (SSSR count). The SMILES string of the molecule is CCC(CN)C1(O)CCC(=O)CC1. The predicted molar refractivity (Wildman–Crippen MR) is 51.3 cm³/mol. The molecule has 0 radical (unpaired) electrons. The molecule has 0 spiro atoms. The Morgan fingerprint density at radius 2 is 2.08 bits per heavy atom. The molecule has 3 heteroatoms. The van der Waals surface area contributed by atoms with Crippen LogP contribution < -0.4 is 5.73 Å². The van der Waals surface area contributed by atoms with E-state index in [1.54, 1.807) is 0 Å². The lowest BCUT2D eigenvalue weighted by Crippen LogP contribution is -2.44. The second-order valence-electron chi connectivity index (χ2n) is 3.98. The van der Waals surface area contributed by atoms with E-state index in [4.69, 9.17) is 5.73 Å². The number of ketones is 1. The fraction of sp³-hybridized carbons (Fsp3) is 0.900. The van der Waals surface area contributed by atoms with Crippen LogP contribution in [0.1, 0.15) is 39.0 Å². The van der Waals surface area contributed by atoms with Gasteiger partial charge in [0.2, 0.25) is 0 Å². The van der Waals surface area contributed by atoms with E-state index in [0.717, 1.165) is 6.42 Å². The number of rotatable bonds is 3. The molecule has 0 aromatic rings. The van der Waals surface area contributed by atoms with Crippen LogP contribution in [-0.2, 0) is 4.79 Å². The zero-order valence-electron chi connectivity index (χ0n) is 8.25. The first kappa shape index (κ1) is 10.7. The van der Waals surface area contributed by atoms with Crippen LogP contribution in [0.3, 0.4) is 0 Å². The average molecular weight is 185 g/mol. The first-order chi connectivity index (χ1) is 6.12. The molecule has 13 heavy (non-hydrogen) atoms. The van der Waals surface area contributed by atoms with Gasteiger partial charge >= 0.3 is 0 Å². The topological polar surface area (TPSA) is 63.3 Å². The Balaban J connectivity index is 2.59. The Hall–Kier alpha value is -0.410. The summed E-state index contributed by atoms with van der Waals surface area (Å²) in [4.78, 5) is 11.0. The van der Waals surface area contributed by atoms with Crippen molar-refractivity contribution in [3.63, 3.8) is 0 Å². The summed E-state index contributed by atoms with van der Waals surface area (Å²) in [5, 5.41) is 10.2. The van der Waals surface area contributed by atoms with Crippen molar-refractivity contribution < 1.29 is 9.90 Å². The molecule has 0 amide bonds. The number of Topliss-reactive ketones (excluding diaryl/α,β-unsaturated/α-hetero) is 1. The van der Waals surface area contributed by atoms with Crippen molar-refractivity contribution in [2.24, 2.45) is 11.7 Å². The third-order valence-corrected chi connectivity index (χ3v) is 3.21. The van der Waals surface area contributed by atoms with E-state index in [2.05, 4.69) is 0 Å². The van der Waals surface area contributed by atoms with E-state index in [-0.39, 0.29) is 11.7 Å². The molecule has 1 unspecified atom stereocenters. The first-order valence-corrected chi connectivity index (χ1v) is 5.06. The smallest absolute Gasteiger partial charge is 0.133 e. The van der Waals surface area contributed by atoms with Gasteiger partial charge in [-0.25, -0.2) is 0 Å². The van der Waals surface area contributed by atoms with Gasteiger partial charge in [-0.2, -0.15) is 0 Å². The van der Waals surface area contributed by atoms with Crippen LogP contribution in [0, 0.1) is 5.92 Å². The van der Waals surface area contributed by atoms with Crippen LogP contribution in [0.25, 0.3) is 0 Å². The van der Waals surface area contributed by atoms with E-state index < -0.39 is 5.60 Å². The minimum atomic E-state index is -0.669. The third-order valence-electron chi connectivity index (χ3n) is 3.21. The van der Waals surface area contributed by atoms with E-state index >= 15 is 0 Å². The maximum Gasteiger partial charge on any atom is 0.133 e. The summed E-state index contributed by atoms with van der Waals surface area (Å²) < 4.78 is 0. The largest absolute Gasteiger partial charge is 0.390 e. The van der Waals surface area contributed by atoms with E-state index in [0.29, 0.717) is 32.2 Å². The van der Waals surface area contributed by atoms with Gasteiger partial charge in [-0.15, -0.1) is 0 Å². The predicted octanol–water partition coefficient (Wildman–Crippen LogP) is 0.845. The zero-order valence-corrected chi connectivity index (χ0v) is 8.25. The Morgan fingerprint density at radius 1 is 1.54 bits per heavy atom. The Bertz CT molecular complexity index is 177. The van der Waals surface area contributed by atoms with Crippen LogP contribution in [-0.4, -0.2) is 23.0 Å². The number of hydrogen-bond acceptors (Lipinski definition) is 3. The van der Waals surface area contributed by atoms with E-state index in [1.807, 2.05) is 6.92 Å². The highest BCUT2D eigenvalue weighted by Gasteiger charge is 2.37. The Kier molecular flexibility index (Phi) is 3.45. The lowest BCUT2D eigenvalue weighted by Gasteiger charge is -2.37. The number of carbonyl (C=O) groups excluding carboxylic acids is 1. The number of hydrogen-bond donors (Lipinski definition) is 2. The molecule has 0 heterocycles. The van der Waals surface area contributed by atoms with Crippen LogP contribution >= 0.6 is 0 Å². The fourth-order valence-electron chi connectivity index (χ4n) is 2.14. The quantitative estimate of drug-likeness (QED) is 0.685. The summed E-state index contributed by atoms with van der Waals surface area (Å²) in [7, 11) is 0. The Morgan fingerprint density at radius 3 is 2.46 bits per heavy atom. The molecule has 0 bridgehead atoms. The highest BCUT2D eigenvalue weighted by molar-refractivity contribution is 5.79. The lowest BCUT2D eigenvalue weighted by molar-refractivity contribution is -0.128. The van der Waals surface area contributed by atoms with Gasteiger partial charge in [0.05, 0.1) is 5.60 Å². The molecule has 76 valence electrons. The molecular formula is C10H19NO2. The van der Waals surface area contributed by atoms with Crippen LogP contribution in [0.2, 0.25) is 0 Å². The van der Waals surface area contributed by atoms with Crippen molar-refractivity contribution in [1.82, 2.24) is 0 Å². The molecule has 1 aliphatic carbocycles. The molecule has 1 fully saturated rings. The average Bonchev–Trinajstić information content (AvgIpc) is 2.13. The number of nitrogens with two attached hydrogens (primary N) is 1. The standard InChI is InChI=1S/C10H19NO2/c1-2-8(7-11)10(13)5-3-9(12)4-6-10/h8,13H,2-7,11H2,1H3. The number of carbonyl (C=O) groups is 1. The maximum absolute atomic E-state index is 11.0. The second kappa shape index (κ2) is 4.20. The molecular weight excluding hydrogens is 166 g/mol. The fourth-order valence-corrected chi connectivity index (χ4v) is 2.14. The summed E-state index contributed by atoms with van der Waals surface area (Å²) >= 11 is 0.